The highest BCUT2D eigenvalue weighted by atomic mass is 16.5. The zero-order valence-electron chi connectivity index (χ0n) is 18.2. The summed E-state index contributed by atoms with van der Waals surface area (Å²) in [5.41, 5.74) is 0.974. The third-order valence-electron chi connectivity index (χ3n) is 6.08. The molecule has 6 heteroatoms. The number of carbonyl (C=O) groups is 2. The highest BCUT2D eigenvalue weighted by Crippen LogP contribution is 2.38. The van der Waals surface area contributed by atoms with Crippen molar-refractivity contribution in [3.63, 3.8) is 0 Å². The Labute approximate surface area is 192 Å². The van der Waals surface area contributed by atoms with E-state index in [1.165, 1.54) is 0 Å². The first-order valence-electron chi connectivity index (χ1n) is 11.1. The van der Waals surface area contributed by atoms with Gasteiger partial charge in [-0.1, -0.05) is 66.7 Å². The van der Waals surface area contributed by atoms with Gasteiger partial charge in [0.25, 0.3) is 0 Å². The fraction of sp³-hybridized carbons (Fsp3) is 0.259. The van der Waals surface area contributed by atoms with Gasteiger partial charge in [-0.2, -0.15) is 0 Å². The van der Waals surface area contributed by atoms with Crippen LogP contribution < -0.4 is 0 Å². The fourth-order valence-corrected chi connectivity index (χ4v) is 4.13. The van der Waals surface area contributed by atoms with E-state index in [0.717, 1.165) is 11.1 Å². The summed E-state index contributed by atoms with van der Waals surface area (Å²) in [7, 11) is 0. The monoisotopic (exact) mass is 443 g/mol. The van der Waals surface area contributed by atoms with E-state index >= 15 is 0 Å². The topological polar surface area (TPSA) is 65.1 Å². The number of hydrogen-bond acceptors (Lipinski definition) is 5. The lowest BCUT2D eigenvalue weighted by molar-refractivity contribution is -0.154. The SMILES string of the molecule is O=C1CC2O/C(=C/C3(C(=O)OCc4ccccc4)C=CC(OCc4ccccc4)=CC3)CN12. The zero-order valence-corrected chi connectivity index (χ0v) is 18.2. The van der Waals surface area contributed by atoms with Crippen LogP contribution in [0.3, 0.4) is 0 Å². The molecule has 2 atom stereocenters. The first kappa shape index (κ1) is 21.1. The van der Waals surface area contributed by atoms with Gasteiger partial charge in [-0.05, 0) is 35.8 Å². The largest absolute Gasteiger partial charge is 0.489 e. The number of carbonyl (C=O) groups excluding carboxylic acids is 2. The van der Waals surface area contributed by atoms with Crippen molar-refractivity contribution in [2.45, 2.75) is 32.3 Å². The molecule has 33 heavy (non-hydrogen) atoms. The zero-order chi connectivity index (χ0) is 22.7. The molecule has 2 unspecified atom stereocenters. The Hall–Kier alpha value is -3.80. The Morgan fingerprint density at radius 2 is 1.76 bits per heavy atom. The van der Waals surface area contributed by atoms with E-state index in [0.29, 0.717) is 37.5 Å². The van der Waals surface area contributed by atoms with E-state index in [1.54, 1.807) is 11.0 Å². The van der Waals surface area contributed by atoms with Crippen molar-refractivity contribution < 1.29 is 23.8 Å². The molecule has 2 heterocycles. The quantitative estimate of drug-likeness (QED) is 0.473. The minimum Gasteiger partial charge on any atom is -0.489 e. The summed E-state index contributed by atoms with van der Waals surface area (Å²) in [5.74, 6) is 1.03. The first-order valence-corrected chi connectivity index (χ1v) is 11.1. The Morgan fingerprint density at radius 3 is 2.36 bits per heavy atom. The molecule has 6 nitrogen and oxygen atoms in total. The van der Waals surface area contributed by atoms with Crippen molar-refractivity contribution in [3.8, 4) is 0 Å². The van der Waals surface area contributed by atoms with Gasteiger partial charge in [0, 0.05) is 0 Å². The number of allylic oxidation sites excluding steroid dienone is 2. The highest BCUT2D eigenvalue weighted by Gasteiger charge is 2.46. The van der Waals surface area contributed by atoms with E-state index < -0.39 is 5.41 Å². The number of ether oxygens (including phenoxy) is 3. The summed E-state index contributed by atoms with van der Waals surface area (Å²) in [6.07, 6.45) is 7.87. The van der Waals surface area contributed by atoms with Crippen LogP contribution in [0, 0.1) is 5.41 Å². The number of benzene rings is 2. The van der Waals surface area contributed by atoms with Crippen LogP contribution in [0.1, 0.15) is 24.0 Å². The Bertz CT molecular complexity index is 1120. The number of esters is 1. The van der Waals surface area contributed by atoms with Crippen LogP contribution >= 0.6 is 0 Å². The molecule has 1 amide bonds. The van der Waals surface area contributed by atoms with E-state index in [2.05, 4.69) is 0 Å². The molecule has 0 N–H and O–H groups in total. The minimum absolute atomic E-state index is 0.0692. The molecule has 1 aliphatic carbocycles. The second kappa shape index (κ2) is 8.98. The van der Waals surface area contributed by atoms with Crippen molar-refractivity contribution in [1.29, 1.82) is 0 Å². The highest BCUT2D eigenvalue weighted by molar-refractivity contribution is 5.84. The summed E-state index contributed by atoms with van der Waals surface area (Å²) in [6, 6.07) is 19.5. The maximum Gasteiger partial charge on any atom is 0.320 e. The molecule has 3 aliphatic rings. The molecule has 2 saturated heterocycles. The molecule has 5 rings (SSSR count). The van der Waals surface area contributed by atoms with E-state index in [1.807, 2.05) is 78.9 Å². The number of β-lactam (4-membered cyclic amide) rings is 1. The number of nitrogens with zero attached hydrogens (tertiary/aromatic N) is 1. The summed E-state index contributed by atoms with van der Waals surface area (Å²) < 4.78 is 17.5. The van der Waals surface area contributed by atoms with Crippen molar-refractivity contribution >= 4 is 11.9 Å². The van der Waals surface area contributed by atoms with Gasteiger partial charge >= 0.3 is 5.97 Å². The predicted molar refractivity (Wildman–Crippen MR) is 121 cm³/mol. The second-order valence-corrected chi connectivity index (χ2v) is 8.43. The molecule has 0 aromatic heterocycles. The molecular formula is C27H25NO5. The number of hydrogen-bond donors (Lipinski definition) is 0. The molecule has 0 radical (unpaired) electrons. The lowest BCUT2D eigenvalue weighted by atomic mass is 9.80. The molecule has 2 aromatic carbocycles. The lowest BCUT2D eigenvalue weighted by Crippen LogP contribution is -2.48. The normalized spacial score (nSPS) is 24.5. The van der Waals surface area contributed by atoms with Crippen LogP contribution in [0.5, 0.6) is 0 Å². The smallest absolute Gasteiger partial charge is 0.320 e. The number of rotatable bonds is 7. The van der Waals surface area contributed by atoms with Crippen molar-refractivity contribution in [1.82, 2.24) is 4.90 Å². The average Bonchev–Trinajstić information content (AvgIpc) is 3.19. The van der Waals surface area contributed by atoms with Gasteiger partial charge < -0.3 is 14.2 Å². The third kappa shape index (κ3) is 4.55. The number of fused-ring (bicyclic) bond motifs is 1. The molecular weight excluding hydrogens is 418 g/mol. The fourth-order valence-electron chi connectivity index (χ4n) is 4.13. The van der Waals surface area contributed by atoms with Crippen LogP contribution in [0.4, 0.5) is 0 Å². The Balaban J connectivity index is 1.31. The predicted octanol–water partition coefficient (Wildman–Crippen LogP) is 4.25. The molecule has 0 saturated carbocycles. The number of amides is 1. The maximum atomic E-state index is 13.3. The average molecular weight is 443 g/mol. The van der Waals surface area contributed by atoms with Gasteiger partial charge in [-0.3, -0.25) is 14.5 Å². The van der Waals surface area contributed by atoms with E-state index in [-0.39, 0.29) is 24.7 Å². The van der Waals surface area contributed by atoms with Crippen molar-refractivity contribution in [2.75, 3.05) is 6.54 Å². The molecule has 0 spiro atoms. The lowest BCUT2D eigenvalue weighted by Gasteiger charge is -2.30. The third-order valence-corrected chi connectivity index (χ3v) is 6.08. The van der Waals surface area contributed by atoms with Gasteiger partial charge in [0.15, 0.2) is 6.23 Å². The van der Waals surface area contributed by atoms with Crippen LogP contribution in [-0.2, 0) is 37.0 Å². The summed E-state index contributed by atoms with van der Waals surface area (Å²) in [4.78, 5) is 26.7. The van der Waals surface area contributed by atoms with Gasteiger partial charge in [0.2, 0.25) is 5.91 Å². The van der Waals surface area contributed by atoms with Crippen LogP contribution in [0.15, 0.2) is 96.5 Å². The second-order valence-electron chi connectivity index (χ2n) is 8.43. The molecule has 2 aromatic rings. The van der Waals surface area contributed by atoms with Gasteiger partial charge in [0.1, 0.15) is 30.1 Å². The summed E-state index contributed by atoms with van der Waals surface area (Å²) in [5, 5.41) is 0. The Kier molecular flexibility index (Phi) is 5.73. The van der Waals surface area contributed by atoms with Crippen molar-refractivity contribution in [3.05, 3.63) is 108 Å². The summed E-state index contributed by atoms with van der Waals surface area (Å²) in [6.45, 7) is 1.02. The van der Waals surface area contributed by atoms with Crippen LogP contribution in [0.25, 0.3) is 0 Å². The molecule has 2 aliphatic heterocycles. The molecule has 168 valence electrons. The van der Waals surface area contributed by atoms with Gasteiger partial charge in [-0.25, -0.2) is 0 Å². The van der Waals surface area contributed by atoms with Crippen LogP contribution in [0.2, 0.25) is 0 Å². The standard InChI is InChI=1S/C27H25NO5/c29-24-15-25-28(24)17-23(33-25)16-27(26(30)32-19-21-9-5-2-6-10-21)13-11-22(12-14-27)31-18-20-7-3-1-4-8-20/h1-13,16,25H,14-15,17-19H2/b23-16+. The maximum absolute atomic E-state index is 13.3. The van der Waals surface area contributed by atoms with Gasteiger partial charge in [-0.15, -0.1) is 0 Å². The molecule has 2 fully saturated rings. The van der Waals surface area contributed by atoms with E-state index in [9.17, 15) is 9.59 Å². The van der Waals surface area contributed by atoms with Crippen LogP contribution in [-0.4, -0.2) is 29.5 Å². The minimum atomic E-state index is -1.02. The van der Waals surface area contributed by atoms with Gasteiger partial charge in [0.05, 0.1) is 13.0 Å². The van der Waals surface area contributed by atoms with E-state index in [4.69, 9.17) is 14.2 Å². The van der Waals surface area contributed by atoms with Crippen molar-refractivity contribution in [2.24, 2.45) is 5.41 Å². The molecule has 0 bridgehead atoms. The first-order chi connectivity index (χ1) is 16.1. The Morgan fingerprint density at radius 1 is 1.06 bits per heavy atom. The summed E-state index contributed by atoms with van der Waals surface area (Å²) >= 11 is 0.